The predicted octanol–water partition coefficient (Wildman–Crippen LogP) is 2.07. The van der Waals surface area contributed by atoms with Crippen molar-refractivity contribution in [1.82, 2.24) is 9.55 Å². The normalized spacial score (nSPS) is 20.4. The fraction of sp³-hybridized carbons (Fsp3) is 0.353. The molecule has 2 heterocycles. The molecule has 0 bridgehead atoms. The minimum absolute atomic E-state index is 0.00551. The van der Waals surface area contributed by atoms with Gasteiger partial charge < -0.3 is 15.4 Å². The van der Waals surface area contributed by atoms with E-state index in [9.17, 15) is 19.1 Å². The van der Waals surface area contributed by atoms with Crippen LogP contribution in [-0.4, -0.2) is 26.7 Å². The average molecular weight is 329 g/mol. The van der Waals surface area contributed by atoms with E-state index in [4.69, 9.17) is 5.73 Å². The van der Waals surface area contributed by atoms with Crippen molar-refractivity contribution in [3.05, 3.63) is 45.6 Å². The molecule has 6 nitrogen and oxygen atoms in total. The lowest BCUT2D eigenvalue weighted by atomic mass is 10.1. The molecule has 4 rings (SSSR count). The summed E-state index contributed by atoms with van der Waals surface area (Å²) in [6.45, 7) is 0. The molecule has 0 saturated heterocycles. The van der Waals surface area contributed by atoms with Crippen molar-refractivity contribution in [1.29, 1.82) is 0 Å². The summed E-state index contributed by atoms with van der Waals surface area (Å²) < 4.78 is 16.2. The SMILES string of the molecule is NC1C=C(c2nc3c(cc2F)c(=O)c(C(=O)O)cn3C2CC2)CC1. The molecule has 0 aromatic carbocycles. The number of allylic oxidation sites excluding steroid dienone is 1. The van der Waals surface area contributed by atoms with Crippen LogP contribution in [-0.2, 0) is 0 Å². The van der Waals surface area contributed by atoms with Crippen LogP contribution in [0.25, 0.3) is 16.6 Å². The minimum Gasteiger partial charge on any atom is -0.477 e. The fourth-order valence-electron chi connectivity index (χ4n) is 3.20. The first-order chi connectivity index (χ1) is 11.5. The van der Waals surface area contributed by atoms with E-state index in [0.29, 0.717) is 12.1 Å². The smallest absolute Gasteiger partial charge is 0.341 e. The van der Waals surface area contributed by atoms with Crippen molar-refractivity contribution in [3.63, 3.8) is 0 Å². The van der Waals surface area contributed by atoms with Gasteiger partial charge in [0.2, 0.25) is 5.43 Å². The highest BCUT2D eigenvalue weighted by molar-refractivity contribution is 5.92. The highest BCUT2D eigenvalue weighted by Gasteiger charge is 2.28. The van der Waals surface area contributed by atoms with Gasteiger partial charge in [0.1, 0.15) is 22.7 Å². The topological polar surface area (TPSA) is 98.2 Å². The van der Waals surface area contributed by atoms with E-state index in [1.165, 1.54) is 6.20 Å². The number of halogens is 1. The van der Waals surface area contributed by atoms with E-state index < -0.39 is 17.2 Å². The number of carboxylic acid groups (broad SMARTS) is 1. The van der Waals surface area contributed by atoms with Crippen molar-refractivity contribution in [3.8, 4) is 0 Å². The van der Waals surface area contributed by atoms with Gasteiger partial charge in [-0.25, -0.2) is 14.2 Å². The number of carbonyl (C=O) groups is 1. The van der Waals surface area contributed by atoms with Crippen LogP contribution < -0.4 is 11.2 Å². The molecular formula is C17H16FN3O3. The second-order valence-electron chi connectivity index (χ2n) is 6.40. The van der Waals surface area contributed by atoms with E-state index in [1.54, 1.807) is 10.6 Å². The van der Waals surface area contributed by atoms with Gasteiger partial charge in [-0.05, 0) is 37.3 Å². The molecule has 1 fully saturated rings. The van der Waals surface area contributed by atoms with Crippen LogP contribution in [0.2, 0.25) is 0 Å². The molecule has 1 atom stereocenters. The molecule has 1 unspecified atom stereocenters. The number of pyridine rings is 2. The van der Waals surface area contributed by atoms with Crippen molar-refractivity contribution in [2.45, 2.75) is 37.8 Å². The Hall–Kier alpha value is -2.54. The molecule has 124 valence electrons. The standard InChI is InChI=1S/C17H16FN3O3/c18-13-6-11-15(22)12(17(23)24)7-21(10-3-4-10)16(11)20-14(13)8-1-2-9(19)5-8/h5-7,9-10H,1-4,19H2,(H,23,24). The van der Waals surface area contributed by atoms with E-state index >= 15 is 0 Å². The number of rotatable bonds is 3. The molecular weight excluding hydrogens is 313 g/mol. The molecule has 0 amide bonds. The Morgan fingerprint density at radius 1 is 1.38 bits per heavy atom. The van der Waals surface area contributed by atoms with Gasteiger partial charge in [-0.15, -0.1) is 0 Å². The summed E-state index contributed by atoms with van der Waals surface area (Å²) in [5.41, 5.74) is 6.06. The average Bonchev–Trinajstić information content (AvgIpc) is 3.28. The highest BCUT2D eigenvalue weighted by atomic mass is 19.1. The zero-order chi connectivity index (χ0) is 17.0. The molecule has 3 N–H and O–H groups in total. The van der Waals surface area contributed by atoms with Gasteiger partial charge in [0.25, 0.3) is 0 Å². The van der Waals surface area contributed by atoms with Crippen LogP contribution in [0.4, 0.5) is 4.39 Å². The van der Waals surface area contributed by atoms with Crippen molar-refractivity contribution < 1.29 is 14.3 Å². The van der Waals surface area contributed by atoms with Crippen LogP contribution in [0.1, 0.15) is 47.8 Å². The summed E-state index contributed by atoms with van der Waals surface area (Å²) in [6.07, 6.45) is 6.27. The number of aromatic nitrogens is 2. The predicted molar refractivity (Wildman–Crippen MR) is 86.4 cm³/mol. The zero-order valence-electron chi connectivity index (χ0n) is 12.8. The van der Waals surface area contributed by atoms with E-state index in [1.807, 2.05) is 0 Å². The van der Waals surface area contributed by atoms with Gasteiger partial charge in [0.05, 0.1) is 5.39 Å². The largest absolute Gasteiger partial charge is 0.477 e. The van der Waals surface area contributed by atoms with Crippen LogP contribution in [0.3, 0.4) is 0 Å². The summed E-state index contributed by atoms with van der Waals surface area (Å²) in [7, 11) is 0. The van der Waals surface area contributed by atoms with Crippen LogP contribution in [0.15, 0.2) is 23.1 Å². The van der Waals surface area contributed by atoms with Crippen LogP contribution in [0.5, 0.6) is 0 Å². The third kappa shape index (κ3) is 2.32. The maximum atomic E-state index is 14.5. The van der Waals surface area contributed by atoms with Gasteiger partial charge in [-0.3, -0.25) is 4.79 Å². The Morgan fingerprint density at radius 2 is 2.12 bits per heavy atom. The van der Waals surface area contributed by atoms with E-state index in [-0.39, 0.29) is 28.7 Å². The first-order valence-electron chi connectivity index (χ1n) is 7.91. The molecule has 2 aliphatic carbocycles. The number of nitrogens with two attached hydrogens (primary N) is 1. The van der Waals surface area contributed by atoms with Crippen LogP contribution >= 0.6 is 0 Å². The number of aromatic carboxylic acids is 1. The van der Waals surface area contributed by atoms with Gasteiger partial charge in [0, 0.05) is 18.3 Å². The maximum absolute atomic E-state index is 14.5. The van der Waals surface area contributed by atoms with E-state index in [0.717, 1.165) is 30.9 Å². The lowest BCUT2D eigenvalue weighted by molar-refractivity contribution is 0.0695. The molecule has 1 saturated carbocycles. The highest BCUT2D eigenvalue weighted by Crippen LogP contribution is 2.37. The lowest BCUT2D eigenvalue weighted by Crippen LogP contribution is -2.20. The van der Waals surface area contributed by atoms with E-state index in [2.05, 4.69) is 4.98 Å². The third-order valence-corrected chi connectivity index (χ3v) is 4.60. The number of hydrogen-bond acceptors (Lipinski definition) is 4. The first kappa shape index (κ1) is 15.0. The summed E-state index contributed by atoms with van der Waals surface area (Å²) in [4.78, 5) is 28.1. The van der Waals surface area contributed by atoms with Crippen molar-refractivity contribution in [2.75, 3.05) is 0 Å². The number of fused-ring (bicyclic) bond motifs is 1. The number of hydrogen-bond donors (Lipinski definition) is 2. The fourth-order valence-corrected chi connectivity index (χ4v) is 3.20. The Morgan fingerprint density at radius 3 is 2.71 bits per heavy atom. The van der Waals surface area contributed by atoms with Gasteiger partial charge in [-0.2, -0.15) is 0 Å². The van der Waals surface area contributed by atoms with Crippen molar-refractivity contribution in [2.24, 2.45) is 5.73 Å². The molecule has 2 aromatic rings. The number of carboxylic acids is 1. The zero-order valence-corrected chi connectivity index (χ0v) is 12.8. The monoisotopic (exact) mass is 329 g/mol. The minimum atomic E-state index is -1.31. The van der Waals surface area contributed by atoms with Gasteiger partial charge in [-0.1, -0.05) is 6.08 Å². The molecule has 0 spiro atoms. The second kappa shape index (κ2) is 5.24. The summed E-state index contributed by atoms with van der Waals surface area (Å²) in [5, 5.41) is 9.23. The maximum Gasteiger partial charge on any atom is 0.341 e. The Bertz CT molecular complexity index is 960. The summed E-state index contributed by atoms with van der Waals surface area (Å²) in [6, 6.07) is 1.10. The Balaban J connectivity index is 2.01. The molecule has 24 heavy (non-hydrogen) atoms. The summed E-state index contributed by atoms with van der Waals surface area (Å²) in [5.74, 6) is -1.94. The Kier molecular flexibility index (Phi) is 3.28. The lowest BCUT2D eigenvalue weighted by Gasteiger charge is -2.13. The van der Waals surface area contributed by atoms with Crippen molar-refractivity contribution >= 4 is 22.6 Å². The van der Waals surface area contributed by atoms with Crippen LogP contribution in [0, 0.1) is 5.82 Å². The molecule has 7 heteroatoms. The van der Waals surface area contributed by atoms with Gasteiger partial charge in [0.15, 0.2) is 0 Å². The molecule has 0 aliphatic heterocycles. The van der Waals surface area contributed by atoms with Gasteiger partial charge >= 0.3 is 5.97 Å². The molecule has 0 radical (unpaired) electrons. The first-order valence-corrected chi connectivity index (χ1v) is 7.91. The second-order valence-corrected chi connectivity index (χ2v) is 6.40. The molecule has 2 aliphatic rings. The molecule has 2 aromatic heterocycles. The third-order valence-electron chi connectivity index (χ3n) is 4.60. The quantitative estimate of drug-likeness (QED) is 0.898. The summed E-state index contributed by atoms with van der Waals surface area (Å²) >= 11 is 0. The number of nitrogens with zero attached hydrogens (tertiary/aromatic N) is 2. The Labute approximate surface area is 136 Å².